The molecule has 0 spiro atoms. The lowest BCUT2D eigenvalue weighted by Crippen LogP contribution is -2.40. The van der Waals surface area contributed by atoms with E-state index in [0.717, 1.165) is 64.3 Å². The van der Waals surface area contributed by atoms with Crippen LogP contribution in [0.15, 0.2) is 24.3 Å². The van der Waals surface area contributed by atoms with E-state index < -0.39 is 0 Å². The third kappa shape index (κ3) is 4.95. The number of rotatable bonds is 6. The Labute approximate surface area is 146 Å². The fourth-order valence-electron chi connectivity index (χ4n) is 3.74. The van der Waals surface area contributed by atoms with Crippen LogP contribution in [0, 0.1) is 0 Å². The lowest BCUT2D eigenvalue weighted by Gasteiger charge is -2.36. The largest absolute Gasteiger partial charge is 0.497 e. The molecule has 2 fully saturated rings. The smallest absolute Gasteiger partial charge is 0.118 e. The van der Waals surface area contributed by atoms with Gasteiger partial charge in [0.2, 0.25) is 0 Å². The number of benzene rings is 1. The number of piperidine rings is 1. The molecule has 1 atom stereocenters. The monoisotopic (exact) mass is 333 g/mol. The molecule has 0 amide bonds. The number of methoxy groups -OCH3 is 1. The van der Waals surface area contributed by atoms with Crippen LogP contribution in [-0.2, 0) is 9.47 Å². The second-order valence-corrected chi connectivity index (χ2v) is 7.12. The van der Waals surface area contributed by atoms with Crippen molar-refractivity contribution in [3.63, 3.8) is 0 Å². The van der Waals surface area contributed by atoms with Crippen LogP contribution in [-0.4, -0.2) is 57.1 Å². The molecular weight excluding hydrogens is 302 g/mol. The van der Waals surface area contributed by atoms with Crippen LogP contribution in [0.25, 0.3) is 0 Å². The van der Waals surface area contributed by atoms with Gasteiger partial charge in [0.15, 0.2) is 0 Å². The zero-order valence-electron chi connectivity index (χ0n) is 15.1. The maximum atomic E-state index is 6.28. The first-order valence-electron chi connectivity index (χ1n) is 9.34. The van der Waals surface area contributed by atoms with Gasteiger partial charge in [-0.1, -0.05) is 19.1 Å². The van der Waals surface area contributed by atoms with Gasteiger partial charge in [-0.25, -0.2) is 0 Å². The van der Waals surface area contributed by atoms with E-state index in [4.69, 9.17) is 14.2 Å². The highest BCUT2D eigenvalue weighted by Crippen LogP contribution is 2.24. The second kappa shape index (κ2) is 8.84. The Morgan fingerprint density at radius 1 is 1.04 bits per heavy atom. The van der Waals surface area contributed by atoms with Crippen LogP contribution < -0.4 is 4.74 Å². The first kappa shape index (κ1) is 17.7. The third-order valence-corrected chi connectivity index (χ3v) is 5.30. The van der Waals surface area contributed by atoms with Gasteiger partial charge < -0.3 is 19.1 Å². The van der Waals surface area contributed by atoms with Gasteiger partial charge in [0.05, 0.1) is 19.3 Å². The van der Waals surface area contributed by atoms with Crippen molar-refractivity contribution in [1.82, 2.24) is 4.90 Å². The summed E-state index contributed by atoms with van der Waals surface area (Å²) in [6.45, 7) is 7.46. The highest BCUT2D eigenvalue weighted by atomic mass is 16.5. The van der Waals surface area contributed by atoms with Crippen LogP contribution in [0.4, 0.5) is 0 Å². The minimum absolute atomic E-state index is 0.425. The Balaban J connectivity index is 1.41. The van der Waals surface area contributed by atoms with Gasteiger partial charge >= 0.3 is 0 Å². The van der Waals surface area contributed by atoms with Crippen molar-refractivity contribution in [3.05, 3.63) is 29.8 Å². The van der Waals surface area contributed by atoms with E-state index in [1.165, 1.54) is 5.56 Å². The Bertz CT molecular complexity index is 476. The number of ether oxygens (including phenoxy) is 3. The standard InChI is InChI=1S/C20H31NO3/c1-16(17-3-5-18(22-2)6-4-17)15-21-11-7-19(8-12-21)24-20-9-13-23-14-10-20/h3-6,16,19-20H,7-15H2,1-2H3. The fraction of sp³-hybridized carbons (Fsp3) is 0.700. The zero-order chi connectivity index (χ0) is 16.8. The molecule has 0 bridgehead atoms. The maximum absolute atomic E-state index is 6.28. The molecule has 2 aliphatic heterocycles. The summed E-state index contributed by atoms with van der Waals surface area (Å²) in [5.41, 5.74) is 1.39. The molecule has 134 valence electrons. The van der Waals surface area contributed by atoms with Crippen molar-refractivity contribution in [2.24, 2.45) is 0 Å². The normalized spacial score (nSPS) is 22.4. The molecule has 3 rings (SSSR count). The topological polar surface area (TPSA) is 30.9 Å². The van der Waals surface area contributed by atoms with Crippen LogP contribution in [0.5, 0.6) is 5.75 Å². The summed E-state index contributed by atoms with van der Waals surface area (Å²) >= 11 is 0. The number of hydrogen-bond donors (Lipinski definition) is 0. The lowest BCUT2D eigenvalue weighted by molar-refractivity contribution is -0.0848. The van der Waals surface area contributed by atoms with Crippen molar-refractivity contribution in [3.8, 4) is 5.75 Å². The summed E-state index contributed by atoms with van der Waals surface area (Å²) in [7, 11) is 1.71. The molecule has 0 radical (unpaired) electrons. The predicted molar refractivity (Wildman–Crippen MR) is 95.8 cm³/mol. The van der Waals surface area contributed by atoms with Gasteiger partial charge in [0, 0.05) is 32.8 Å². The number of likely N-dealkylation sites (tertiary alicyclic amines) is 1. The molecule has 1 aromatic rings. The highest BCUT2D eigenvalue weighted by molar-refractivity contribution is 5.29. The third-order valence-electron chi connectivity index (χ3n) is 5.30. The Kier molecular flexibility index (Phi) is 6.52. The van der Waals surface area contributed by atoms with E-state index in [2.05, 4.69) is 36.1 Å². The van der Waals surface area contributed by atoms with Crippen LogP contribution >= 0.6 is 0 Å². The van der Waals surface area contributed by atoms with Gasteiger partial charge in [-0.05, 0) is 49.3 Å². The van der Waals surface area contributed by atoms with Gasteiger partial charge in [-0.3, -0.25) is 0 Å². The minimum atomic E-state index is 0.425. The predicted octanol–water partition coefficient (Wildman–Crippen LogP) is 3.46. The van der Waals surface area contributed by atoms with E-state index in [0.29, 0.717) is 18.1 Å². The van der Waals surface area contributed by atoms with Gasteiger partial charge in [-0.2, -0.15) is 0 Å². The molecule has 0 N–H and O–H groups in total. The highest BCUT2D eigenvalue weighted by Gasteiger charge is 2.25. The summed E-state index contributed by atoms with van der Waals surface area (Å²) in [6.07, 6.45) is 5.32. The molecule has 1 unspecified atom stereocenters. The maximum Gasteiger partial charge on any atom is 0.118 e. The molecule has 2 heterocycles. The van der Waals surface area contributed by atoms with Crippen molar-refractivity contribution in [2.75, 3.05) is 40.0 Å². The number of nitrogens with zero attached hydrogens (tertiary/aromatic N) is 1. The zero-order valence-corrected chi connectivity index (χ0v) is 15.1. The Morgan fingerprint density at radius 3 is 2.29 bits per heavy atom. The fourth-order valence-corrected chi connectivity index (χ4v) is 3.74. The van der Waals surface area contributed by atoms with Crippen LogP contribution in [0.3, 0.4) is 0 Å². The molecule has 1 aromatic carbocycles. The first-order valence-corrected chi connectivity index (χ1v) is 9.34. The molecule has 0 aliphatic carbocycles. The van der Waals surface area contributed by atoms with E-state index >= 15 is 0 Å². The quantitative estimate of drug-likeness (QED) is 0.798. The minimum Gasteiger partial charge on any atom is -0.497 e. The summed E-state index contributed by atoms with van der Waals surface area (Å²) in [5, 5.41) is 0. The van der Waals surface area contributed by atoms with E-state index in [9.17, 15) is 0 Å². The lowest BCUT2D eigenvalue weighted by atomic mass is 9.98. The SMILES string of the molecule is COc1ccc(C(C)CN2CCC(OC3CCOCC3)CC2)cc1. The summed E-state index contributed by atoms with van der Waals surface area (Å²) < 4.78 is 16.9. The average molecular weight is 333 g/mol. The van der Waals surface area contributed by atoms with E-state index in [-0.39, 0.29) is 0 Å². The Morgan fingerprint density at radius 2 is 1.67 bits per heavy atom. The van der Waals surface area contributed by atoms with Crippen molar-refractivity contribution in [1.29, 1.82) is 0 Å². The first-order chi connectivity index (χ1) is 11.7. The molecular formula is C20H31NO3. The summed E-state index contributed by atoms with van der Waals surface area (Å²) in [5.74, 6) is 1.47. The van der Waals surface area contributed by atoms with Gasteiger partial charge in [-0.15, -0.1) is 0 Å². The van der Waals surface area contributed by atoms with Crippen molar-refractivity contribution >= 4 is 0 Å². The molecule has 0 saturated carbocycles. The molecule has 2 saturated heterocycles. The second-order valence-electron chi connectivity index (χ2n) is 7.12. The summed E-state index contributed by atoms with van der Waals surface area (Å²) in [4.78, 5) is 2.58. The average Bonchev–Trinajstić information content (AvgIpc) is 2.64. The molecule has 24 heavy (non-hydrogen) atoms. The van der Waals surface area contributed by atoms with Crippen LogP contribution in [0.1, 0.15) is 44.1 Å². The van der Waals surface area contributed by atoms with Gasteiger partial charge in [0.25, 0.3) is 0 Å². The summed E-state index contributed by atoms with van der Waals surface area (Å²) in [6, 6.07) is 8.48. The molecule has 2 aliphatic rings. The number of hydrogen-bond acceptors (Lipinski definition) is 4. The molecule has 0 aromatic heterocycles. The molecule has 4 heteroatoms. The van der Waals surface area contributed by atoms with E-state index in [1.807, 2.05) is 0 Å². The van der Waals surface area contributed by atoms with Crippen molar-refractivity contribution in [2.45, 2.75) is 50.7 Å². The molecule has 4 nitrogen and oxygen atoms in total. The van der Waals surface area contributed by atoms with Crippen LogP contribution in [0.2, 0.25) is 0 Å². The van der Waals surface area contributed by atoms with Gasteiger partial charge in [0.1, 0.15) is 5.75 Å². The Hall–Kier alpha value is -1.10. The van der Waals surface area contributed by atoms with Crippen molar-refractivity contribution < 1.29 is 14.2 Å². The van der Waals surface area contributed by atoms with E-state index in [1.54, 1.807) is 7.11 Å².